The van der Waals surface area contributed by atoms with Crippen LogP contribution in [0, 0.1) is 13.8 Å². The highest BCUT2D eigenvalue weighted by Gasteiger charge is 2.13. The topological polar surface area (TPSA) is 71.1 Å². The Morgan fingerprint density at radius 2 is 1.69 bits per heavy atom. The quantitative estimate of drug-likeness (QED) is 0.712. The van der Waals surface area contributed by atoms with Gasteiger partial charge in [-0.1, -0.05) is 36.4 Å². The van der Waals surface area contributed by atoms with Gasteiger partial charge < -0.3 is 10.6 Å². The van der Waals surface area contributed by atoms with Gasteiger partial charge in [0.25, 0.3) is 5.91 Å². The van der Waals surface area contributed by atoms with Crippen LogP contribution in [0.1, 0.15) is 27.2 Å². The number of anilines is 2. The van der Waals surface area contributed by atoms with Gasteiger partial charge in [-0.2, -0.15) is 0 Å². The van der Waals surface area contributed by atoms with Crippen LogP contribution in [0.4, 0.5) is 10.8 Å². The lowest BCUT2D eigenvalue weighted by molar-refractivity contribution is -0.115. The Kier molecular flexibility index (Phi) is 5.43. The van der Waals surface area contributed by atoms with E-state index in [-0.39, 0.29) is 23.9 Å². The first-order chi connectivity index (χ1) is 12.5. The third kappa shape index (κ3) is 4.77. The molecule has 0 radical (unpaired) electrons. The summed E-state index contributed by atoms with van der Waals surface area (Å²) in [5, 5.41) is 7.62. The number of aryl methyl sites for hydroxylation is 2. The molecule has 0 atom stereocenters. The summed E-state index contributed by atoms with van der Waals surface area (Å²) in [5.74, 6) is -0.457. The van der Waals surface area contributed by atoms with Gasteiger partial charge in [0.1, 0.15) is 5.69 Å². The monoisotopic (exact) mass is 365 g/mol. The molecule has 0 fully saturated rings. The third-order valence-corrected chi connectivity index (χ3v) is 4.43. The van der Waals surface area contributed by atoms with Crippen molar-refractivity contribution in [3.05, 3.63) is 76.3 Å². The van der Waals surface area contributed by atoms with E-state index < -0.39 is 0 Å². The minimum Gasteiger partial charge on any atom is -0.321 e. The van der Waals surface area contributed by atoms with E-state index in [0.29, 0.717) is 5.13 Å². The molecule has 26 heavy (non-hydrogen) atoms. The lowest BCUT2D eigenvalue weighted by Crippen LogP contribution is -2.15. The highest BCUT2D eigenvalue weighted by molar-refractivity contribution is 7.14. The van der Waals surface area contributed by atoms with Gasteiger partial charge in [-0.05, 0) is 42.7 Å². The van der Waals surface area contributed by atoms with Crippen molar-refractivity contribution in [1.29, 1.82) is 0 Å². The average molecular weight is 365 g/mol. The molecule has 3 aromatic rings. The van der Waals surface area contributed by atoms with Crippen LogP contribution in [0.5, 0.6) is 0 Å². The first-order valence-electron chi connectivity index (χ1n) is 8.18. The smallest absolute Gasteiger partial charge is 0.275 e. The van der Waals surface area contributed by atoms with Crippen LogP contribution in [0.15, 0.2) is 53.9 Å². The fourth-order valence-corrected chi connectivity index (χ4v) is 3.33. The van der Waals surface area contributed by atoms with E-state index in [1.165, 1.54) is 11.3 Å². The average Bonchev–Trinajstić information content (AvgIpc) is 3.03. The summed E-state index contributed by atoms with van der Waals surface area (Å²) in [4.78, 5) is 28.6. The van der Waals surface area contributed by atoms with Crippen molar-refractivity contribution in [3.63, 3.8) is 0 Å². The molecule has 0 spiro atoms. The largest absolute Gasteiger partial charge is 0.321 e. The van der Waals surface area contributed by atoms with Crippen molar-refractivity contribution < 1.29 is 9.59 Å². The van der Waals surface area contributed by atoms with Crippen molar-refractivity contribution in [2.45, 2.75) is 20.3 Å². The number of nitrogens with zero attached hydrogens (tertiary/aromatic N) is 1. The number of aromatic nitrogens is 1. The van der Waals surface area contributed by atoms with E-state index in [2.05, 4.69) is 15.6 Å². The predicted molar refractivity (Wildman–Crippen MR) is 105 cm³/mol. The zero-order valence-electron chi connectivity index (χ0n) is 14.6. The van der Waals surface area contributed by atoms with Gasteiger partial charge in [0.2, 0.25) is 5.91 Å². The molecule has 0 saturated heterocycles. The molecule has 1 heterocycles. The Morgan fingerprint density at radius 3 is 2.38 bits per heavy atom. The summed E-state index contributed by atoms with van der Waals surface area (Å²) in [7, 11) is 0. The number of carbonyl (C=O) groups is 2. The SMILES string of the molecule is Cc1cc(C)cc(NC(=O)c2csc(NC(=O)Cc3ccccc3)n2)c1. The van der Waals surface area contributed by atoms with Crippen LogP contribution < -0.4 is 10.6 Å². The lowest BCUT2D eigenvalue weighted by Gasteiger charge is -2.06. The predicted octanol–water partition coefficient (Wildman–Crippen LogP) is 4.19. The Bertz CT molecular complexity index is 915. The fourth-order valence-electron chi connectivity index (χ4n) is 2.62. The normalized spacial score (nSPS) is 10.4. The van der Waals surface area contributed by atoms with Gasteiger partial charge in [-0.25, -0.2) is 4.98 Å². The fraction of sp³-hybridized carbons (Fsp3) is 0.150. The number of rotatable bonds is 5. The Hall–Kier alpha value is -2.99. The maximum Gasteiger partial charge on any atom is 0.275 e. The first kappa shape index (κ1) is 17.8. The molecule has 0 saturated carbocycles. The molecule has 0 unspecified atom stereocenters. The van der Waals surface area contributed by atoms with Crippen molar-refractivity contribution in [3.8, 4) is 0 Å². The summed E-state index contributed by atoms with van der Waals surface area (Å²) in [6, 6.07) is 15.3. The second kappa shape index (κ2) is 7.93. The van der Waals surface area contributed by atoms with E-state index >= 15 is 0 Å². The number of thiazole rings is 1. The maximum absolute atomic E-state index is 12.3. The summed E-state index contributed by atoms with van der Waals surface area (Å²) < 4.78 is 0. The van der Waals surface area contributed by atoms with E-state index in [4.69, 9.17) is 0 Å². The van der Waals surface area contributed by atoms with E-state index in [0.717, 1.165) is 22.4 Å². The molecule has 2 aromatic carbocycles. The van der Waals surface area contributed by atoms with Gasteiger partial charge in [0, 0.05) is 11.1 Å². The van der Waals surface area contributed by atoms with Gasteiger partial charge in [0.15, 0.2) is 5.13 Å². The summed E-state index contributed by atoms with van der Waals surface area (Å²) in [5.41, 5.74) is 4.09. The number of hydrogen-bond donors (Lipinski definition) is 2. The second-order valence-corrected chi connectivity index (χ2v) is 6.94. The van der Waals surface area contributed by atoms with Gasteiger partial charge in [-0.3, -0.25) is 9.59 Å². The van der Waals surface area contributed by atoms with Crippen LogP contribution in [-0.2, 0) is 11.2 Å². The van der Waals surface area contributed by atoms with Crippen LogP contribution in [0.2, 0.25) is 0 Å². The molecular formula is C20H19N3O2S. The molecule has 0 aliphatic carbocycles. The molecule has 0 bridgehead atoms. The highest BCUT2D eigenvalue weighted by Crippen LogP contribution is 2.19. The molecule has 6 heteroatoms. The molecule has 3 rings (SSSR count). The number of hydrogen-bond acceptors (Lipinski definition) is 4. The molecule has 2 N–H and O–H groups in total. The lowest BCUT2D eigenvalue weighted by atomic mass is 10.1. The van der Waals surface area contributed by atoms with Crippen LogP contribution in [0.3, 0.4) is 0 Å². The van der Waals surface area contributed by atoms with Gasteiger partial charge in [-0.15, -0.1) is 11.3 Å². The van der Waals surface area contributed by atoms with Crippen molar-refractivity contribution in [2.24, 2.45) is 0 Å². The van der Waals surface area contributed by atoms with Gasteiger partial charge in [0.05, 0.1) is 6.42 Å². The standard InChI is InChI=1S/C20H19N3O2S/c1-13-8-14(2)10-16(9-13)21-19(25)17-12-26-20(22-17)23-18(24)11-15-6-4-3-5-7-15/h3-10,12H,11H2,1-2H3,(H,21,25)(H,22,23,24). The number of amides is 2. The first-order valence-corrected chi connectivity index (χ1v) is 9.06. The van der Waals surface area contributed by atoms with Crippen molar-refractivity contribution >= 4 is 34.0 Å². The molecule has 2 amide bonds. The number of carbonyl (C=O) groups excluding carboxylic acids is 2. The van der Waals surface area contributed by atoms with E-state index in [1.807, 2.05) is 62.4 Å². The van der Waals surface area contributed by atoms with Crippen LogP contribution in [0.25, 0.3) is 0 Å². The Labute approximate surface area is 156 Å². The minimum absolute atomic E-state index is 0.160. The summed E-state index contributed by atoms with van der Waals surface area (Å²) in [6.45, 7) is 3.96. The van der Waals surface area contributed by atoms with E-state index in [1.54, 1.807) is 5.38 Å². The zero-order valence-corrected chi connectivity index (χ0v) is 15.4. The van der Waals surface area contributed by atoms with Crippen molar-refractivity contribution in [2.75, 3.05) is 10.6 Å². The third-order valence-electron chi connectivity index (χ3n) is 3.67. The molecule has 0 aliphatic heterocycles. The number of benzene rings is 2. The number of nitrogens with one attached hydrogen (secondary N) is 2. The summed E-state index contributed by atoms with van der Waals surface area (Å²) in [6.07, 6.45) is 0.268. The molecule has 0 aliphatic rings. The maximum atomic E-state index is 12.3. The molecule has 132 valence electrons. The zero-order chi connectivity index (χ0) is 18.5. The van der Waals surface area contributed by atoms with Crippen LogP contribution >= 0.6 is 11.3 Å². The molecule has 5 nitrogen and oxygen atoms in total. The van der Waals surface area contributed by atoms with Crippen molar-refractivity contribution in [1.82, 2.24) is 4.98 Å². The van der Waals surface area contributed by atoms with Crippen LogP contribution in [-0.4, -0.2) is 16.8 Å². The molecule has 1 aromatic heterocycles. The van der Waals surface area contributed by atoms with Gasteiger partial charge >= 0.3 is 0 Å². The second-order valence-electron chi connectivity index (χ2n) is 6.08. The van der Waals surface area contributed by atoms with E-state index in [9.17, 15) is 9.59 Å². The summed E-state index contributed by atoms with van der Waals surface area (Å²) >= 11 is 1.23. The minimum atomic E-state index is -0.296. The Morgan fingerprint density at radius 1 is 1.00 bits per heavy atom. The Balaban J connectivity index is 1.61. The highest BCUT2D eigenvalue weighted by atomic mass is 32.1. The molecular weight excluding hydrogens is 346 g/mol.